The van der Waals surface area contributed by atoms with Crippen LogP contribution in [0.15, 0.2) is 127 Å². The number of ether oxygens (including phenoxy) is 2. The number of carboxylic acid groups (broad SMARTS) is 7. The van der Waals surface area contributed by atoms with Crippen molar-refractivity contribution >= 4 is 47.8 Å². The SMILES string of the molecule is O=C(O)c1ccccc1C(=O)O.O=C(O)c1ccccc1C(=O)O.O=C(O)c1ccccc1C(=O)O.O=C(O)c1ccccc1C(=O)O[N+](=O)[O-].O[C@@H]1CO[C@H]2[C@@H]1OC[C@]2(O)c1ccccc1. The van der Waals surface area contributed by atoms with E-state index in [2.05, 4.69) is 4.84 Å². The van der Waals surface area contributed by atoms with Crippen molar-refractivity contribution in [3.8, 4) is 0 Å². The number of hydrogen-bond acceptors (Lipinski definition) is 15. The minimum Gasteiger partial charge on any atom is -0.478 e. The Bertz CT molecular complexity index is 2370. The van der Waals surface area contributed by atoms with Gasteiger partial charge in [-0.1, -0.05) is 78.9 Å². The van der Waals surface area contributed by atoms with E-state index < -0.39 is 76.8 Å². The number of rotatable bonds is 10. The van der Waals surface area contributed by atoms with Crippen LogP contribution in [0.3, 0.4) is 0 Å². The normalized spacial score (nSPS) is 17.2. The quantitative estimate of drug-likeness (QED) is 0.0705. The van der Waals surface area contributed by atoms with Crippen LogP contribution in [-0.2, 0) is 19.9 Å². The van der Waals surface area contributed by atoms with Gasteiger partial charge in [0.15, 0.2) is 0 Å². The molecule has 0 unspecified atom stereocenters. The smallest absolute Gasteiger partial charge is 0.336 e. The van der Waals surface area contributed by atoms with Gasteiger partial charge in [0.25, 0.3) is 0 Å². The Morgan fingerprint density at radius 3 is 1.07 bits per heavy atom. The number of carbonyl (C=O) groups is 8. The number of nitrogens with zero attached hydrogens (tertiary/aromatic N) is 1. The van der Waals surface area contributed by atoms with E-state index in [-0.39, 0.29) is 57.7 Å². The van der Waals surface area contributed by atoms with Crippen LogP contribution in [0, 0.1) is 10.1 Å². The zero-order valence-corrected chi connectivity index (χ0v) is 34.0. The Kier molecular flexibility index (Phi) is 19.0. The van der Waals surface area contributed by atoms with Gasteiger partial charge in [0.1, 0.15) is 23.9 Å². The predicted octanol–water partition coefficient (Wildman–Crippen LogP) is 4.02. The highest BCUT2D eigenvalue weighted by Crippen LogP contribution is 2.40. The first-order chi connectivity index (χ1) is 31.6. The molecule has 2 heterocycles. The largest absolute Gasteiger partial charge is 0.478 e. The first-order valence-corrected chi connectivity index (χ1v) is 18.7. The molecule has 23 nitrogen and oxygen atoms in total. The van der Waals surface area contributed by atoms with Crippen LogP contribution in [0.5, 0.6) is 0 Å². The Morgan fingerprint density at radius 1 is 0.493 bits per heavy atom. The molecular formula is C44H37NO22. The van der Waals surface area contributed by atoms with Crippen molar-refractivity contribution in [1.82, 2.24) is 0 Å². The molecule has 0 amide bonds. The van der Waals surface area contributed by atoms with Gasteiger partial charge >= 0.3 is 52.8 Å². The van der Waals surface area contributed by atoms with Crippen molar-refractivity contribution in [3.63, 3.8) is 0 Å². The lowest BCUT2D eigenvalue weighted by Gasteiger charge is -2.27. The fourth-order valence-electron chi connectivity index (χ4n) is 6.01. The molecule has 2 fully saturated rings. The summed E-state index contributed by atoms with van der Waals surface area (Å²) in [7, 11) is 0. The van der Waals surface area contributed by atoms with E-state index in [9.17, 15) is 58.7 Å². The molecule has 0 saturated carbocycles. The van der Waals surface area contributed by atoms with Gasteiger partial charge in [0.2, 0.25) is 0 Å². The number of hydrogen-bond donors (Lipinski definition) is 9. The van der Waals surface area contributed by atoms with E-state index in [1.807, 2.05) is 30.3 Å². The maximum absolute atomic E-state index is 11.1. The summed E-state index contributed by atoms with van der Waals surface area (Å²) in [6, 6.07) is 30.8. The molecule has 0 aromatic heterocycles. The van der Waals surface area contributed by atoms with E-state index >= 15 is 0 Å². The molecule has 0 radical (unpaired) electrons. The van der Waals surface area contributed by atoms with E-state index in [1.165, 1.54) is 84.9 Å². The van der Waals surface area contributed by atoms with Crippen LogP contribution < -0.4 is 0 Å². The van der Waals surface area contributed by atoms with Gasteiger partial charge in [-0.05, 0) is 54.1 Å². The highest BCUT2D eigenvalue weighted by Gasteiger charge is 2.56. The molecule has 350 valence electrons. The van der Waals surface area contributed by atoms with Crippen molar-refractivity contribution in [2.45, 2.75) is 23.9 Å². The molecule has 23 heteroatoms. The van der Waals surface area contributed by atoms with Crippen LogP contribution in [0.4, 0.5) is 0 Å². The summed E-state index contributed by atoms with van der Waals surface area (Å²) in [5.74, 6) is -10.0. The lowest BCUT2D eigenvalue weighted by Crippen LogP contribution is -2.41. The summed E-state index contributed by atoms with van der Waals surface area (Å²) in [5.41, 5.74) is -2.20. The van der Waals surface area contributed by atoms with E-state index in [4.69, 9.17) is 45.2 Å². The third-order valence-corrected chi connectivity index (χ3v) is 9.06. The van der Waals surface area contributed by atoms with Crippen LogP contribution in [0.25, 0.3) is 0 Å². The number of benzene rings is 5. The molecule has 5 aromatic rings. The Labute approximate surface area is 375 Å². The van der Waals surface area contributed by atoms with Crippen molar-refractivity contribution < 1.29 is 104 Å². The van der Waals surface area contributed by atoms with Crippen LogP contribution in [0.1, 0.15) is 88.4 Å². The molecule has 0 spiro atoms. The summed E-state index contributed by atoms with van der Waals surface area (Å²) in [5, 5.41) is 88.8. The number of carbonyl (C=O) groups excluding carboxylic acids is 1. The van der Waals surface area contributed by atoms with Crippen LogP contribution >= 0.6 is 0 Å². The second-order valence-corrected chi connectivity index (χ2v) is 13.3. The molecule has 2 saturated heterocycles. The fourth-order valence-corrected chi connectivity index (χ4v) is 6.01. The Balaban J connectivity index is 0.000000224. The Hall–Kier alpha value is -8.90. The molecule has 2 aliphatic heterocycles. The van der Waals surface area contributed by atoms with E-state index in [0.717, 1.165) is 17.7 Å². The third kappa shape index (κ3) is 14.3. The van der Waals surface area contributed by atoms with Gasteiger partial charge in [0.05, 0.1) is 57.7 Å². The molecule has 9 N–H and O–H groups in total. The maximum Gasteiger partial charge on any atom is 0.336 e. The van der Waals surface area contributed by atoms with Crippen molar-refractivity contribution in [1.29, 1.82) is 0 Å². The lowest BCUT2D eigenvalue weighted by molar-refractivity contribution is -0.727. The van der Waals surface area contributed by atoms with Gasteiger partial charge in [-0.2, -0.15) is 0 Å². The first-order valence-electron chi connectivity index (χ1n) is 18.7. The maximum atomic E-state index is 11.1. The summed E-state index contributed by atoms with van der Waals surface area (Å²) in [4.78, 5) is 98.0. The van der Waals surface area contributed by atoms with Gasteiger partial charge in [-0.3, -0.25) is 4.79 Å². The van der Waals surface area contributed by atoms with Crippen LogP contribution in [-0.4, -0.2) is 130 Å². The average Bonchev–Trinajstić information content (AvgIpc) is 3.86. The van der Waals surface area contributed by atoms with Crippen molar-refractivity contribution in [3.05, 3.63) is 188 Å². The molecule has 7 rings (SSSR count). The highest BCUT2D eigenvalue weighted by molar-refractivity contribution is 6.03. The molecule has 2 aliphatic rings. The number of fused-ring (bicyclic) bond motifs is 1. The number of aromatic carboxylic acids is 7. The molecule has 0 bridgehead atoms. The van der Waals surface area contributed by atoms with Gasteiger partial charge in [-0.25, -0.2) is 38.4 Å². The average molecular weight is 932 g/mol. The summed E-state index contributed by atoms with van der Waals surface area (Å²) in [6.07, 6.45) is -1.52. The van der Waals surface area contributed by atoms with Gasteiger partial charge in [-0.15, -0.1) is 10.1 Å². The van der Waals surface area contributed by atoms with E-state index in [1.54, 1.807) is 0 Å². The highest BCUT2D eigenvalue weighted by atomic mass is 17.0. The molecular weight excluding hydrogens is 894 g/mol. The second-order valence-electron chi connectivity index (χ2n) is 13.3. The summed E-state index contributed by atoms with van der Waals surface area (Å²) < 4.78 is 10.9. The number of aliphatic hydroxyl groups excluding tert-OH is 1. The Morgan fingerprint density at radius 2 is 0.776 bits per heavy atom. The fraction of sp³-hybridized carbons (Fsp3) is 0.136. The molecule has 0 aliphatic carbocycles. The van der Waals surface area contributed by atoms with Crippen molar-refractivity contribution in [2.24, 2.45) is 0 Å². The van der Waals surface area contributed by atoms with Gasteiger partial charge < -0.3 is 55.4 Å². The van der Waals surface area contributed by atoms with Crippen LogP contribution in [0.2, 0.25) is 0 Å². The lowest BCUT2D eigenvalue weighted by atomic mass is 9.88. The van der Waals surface area contributed by atoms with Gasteiger partial charge in [0, 0.05) is 0 Å². The predicted molar refractivity (Wildman–Crippen MR) is 223 cm³/mol. The third-order valence-electron chi connectivity index (χ3n) is 9.06. The van der Waals surface area contributed by atoms with Crippen molar-refractivity contribution in [2.75, 3.05) is 13.2 Å². The minimum atomic E-state index is -1.36. The molecule has 5 aromatic carbocycles. The minimum absolute atomic E-state index is 0.170. The summed E-state index contributed by atoms with van der Waals surface area (Å²) >= 11 is 0. The topological polar surface area (TPSA) is 389 Å². The molecule has 4 atom stereocenters. The number of carboxylic acids is 7. The standard InChI is InChI=1S/C12H14O4.C8H5NO6.3C8H6O4/c13-9-6-15-11-10(9)16-7-12(11,14)8-4-2-1-3-5-8;10-7(11)5-3-1-2-4-6(5)8(12)15-9(13)14;3*9-7(10)5-3-1-2-4-6(5)8(11)12/h1-5,9-11,13-14H,6-7H2;1-4H,(H,10,11);3*1-4H,(H,9,10)(H,11,12)/t9-,10-,11+,12+;;;;/m1..../s1. The second kappa shape index (κ2) is 24.2. The molecule has 67 heavy (non-hydrogen) atoms. The first kappa shape index (κ1) is 52.4. The zero-order chi connectivity index (χ0) is 50.0. The number of aliphatic hydroxyl groups is 2. The zero-order valence-electron chi connectivity index (χ0n) is 34.0. The monoisotopic (exact) mass is 931 g/mol. The summed E-state index contributed by atoms with van der Waals surface area (Å²) in [6.45, 7) is 0.397. The van der Waals surface area contributed by atoms with E-state index in [0.29, 0.717) is 0 Å².